The van der Waals surface area contributed by atoms with Crippen molar-refractivity contribution in [1.29, 1.82) is 0 Å². The van der Waals surface area contributed by atoms with E-state index in [2.05, 4.69) is 16.4 Å². The third kappa shape index (κ3) is 6.48. The molecule has 200 valence electrons. The number of unbranched alkanes of at least 4 members (excludes halogenated alkanes) is 1. The average molecular weight is 512 g/mol. The van der Waals surface area contributed by atoms with Crippen molar-refractivity contribution in [3.05, 3.63) is 58.5 Å². The quantitative estimate of drug-likeness (QED) is 0.432. The molecular weight excluding hydrogens is 473 g/mol. The summed E-state index contributed by atoms with van der Waals surface area (Å²) < 4.78 is 26.3. The first-order chi connectivity index (χ1) is 18.1. The van der Waals surface area contributed by atoms with Crippen molar-refractivity contribution in [2.45, 2.75) is 76.0 Å². The van der Waals surface area contributed by atoms with Gasteiger partial charge >= 0.3 is 5.97 Å². The number of aliphatic carboxylic acids is 1. The van der Waals surface area contributed by atoms with Crippen LogP contribution in [0.1, 0.15) is 79.3 Å². The summed E-state index contributed by atoms with van der Waals surface area (Å²) in [6.45, 7) is 3.44. The van der Waals surface area contributed by atoms with Crippen molar-refractivity contribution in [2.24, 2.45) is 0 Å². The number of rotatable bonds is 10. The number of hydrogen-bond acceptors (Lipinski definition) is 6. The Labute approximate surface area is 218 Å². The number of benzene rings is 1. The summed E-state index contributed by atoms with van der Waals surface area (Å²) in [6.07, 6.45) is 10.6. The van der Waals surface area contributed by atoms with Crippen molar-refractivity contribution >= 4 is 11.8 Å². The maximum Gasteiger partial charge on any atom is 0.325 e. The topological polar surface area (TPSA) is 83.9 Å². The third-order valence-corrected chi connectivity index (χ3v) is 7.80. The molecule has 1 unspecified atom stereocenters. The maximum atomic E-state index is 14.3. The molecule has 2 aromatic rings. The lowest BCUT2D eigenvalue weighted by molar-refractivity contribution is -0.143. The number of pyridine rings is 1. The Balaban J connectivity index is 1.13. The van der Waals surface area contributed by atoms with Crippen molar-refractivity contribution in [3.8, 4) is 0 Å². The second-order valence-electron chi connectivity index (χ2n) is 10.5. The molecule has 3 aliphatic rings. The van der Waals surface area contributed by atoms with Gasteiger partial charge in [-0.25, -0.2) is 9.37 Å². The van der Waals surface area contributed by atoms with E-state index in [0.717, 1.165) is 75.7 Å². The Morgan fingerprint density at radius 3 is 3.00 bits per heavy atom. The summed E-state index contributed by atoms with van der Waals surface area (Å²) in [5, 5.41) is 13.5. The molecule has 4 heterocycles. The Hall–Kier alpha value is -2.55. The van der Waals surface area contributed by atoms with Gasteiger partial charge in [-0.05, 0) is 92.2 Å². The second kappa shape index (κ2) is 12.3. The molecule has 0 aliphatic carbocycles. The molecule has 1 aromatic carbocycles. The lowest BCUT2D eigenvalue weighted by atomic mass is 9.92. The van der Waals surface area contributed by atoms with E-state index >= 15 is 0 Å². The number of ether oxygens (including phenoxy) is 2. The van der Waals surface area contributed by atoms with Gasteiger partial charge in [0.25, 0.3) is 0 Å². The average Bonchev–Trinajstić information content (AvgIpc) is 3.37. The highest BCUT2D eigenvalue weighted by Crippen LogP contribution is 2.36. The van der Waals surface area contributed by atoms with E-state index in [1.165, 1.54) is 23.3 Å². The van der Waals surface area contributed by atoms with Gasteiger partial charge in [0.15, 0.2) is 0 Å². The minimum absolute atomic E-state index is 0.0127. The van der Waals surface area contributed by atoms with Crippen LogP contribution in [0.4, 0.5) is 10.2 Å². The molecule has 0 spiro atoms. The molecule has 8 heteroatoms. The molecule has 5 rings (SSSR count). The molecule has 37 heavy (non-hydrogen) atoms. The fourth-order valence-corrected chi connectivity index (χ4v) is 5.89. The molecule has 2 N–H and O–H groups in total. The van der Waals surface area contributed by atoms with Crippen LogP contribution in [0.2, 0.25) is 0 Å². The standard InChI is InChI=1S/C29H38FN3O4/c30-22-9-10-24(26-8-2-4-15-37-26)25(17-22)27(29(34)35)33-13-11-23(19-33)36-14-3-1-6-20-16-21-7-5-12-31-28(21)32-18-20/h9-10,16-18,23,26-27H,1-8,11-15,19H2,(H,31,32)(H,34,35)/t23-,26-,27?/m1/s1. The van der Waals surface area contributed by atoms with Crippen molar-refractivity contribution in [1.82, 2.24) is 9.88 Å². The van der Waals surface area contributed by atoms with Crippen LogP contribution in [-0.4, -0.2) is 59.9 Å². The molecule has 2 fully saturated rings. The van der Waals surface area contributed by atoms with Crippen molar-refractivity contribution < 1.29 is 23.8 Å². The number of nitrogens with one attached hydrogen (secondary N) is 1. The molecule has 7 nitrogen and oxygen atoms in total. The van der Waals surface area contributed by atoms with Gasteiger partial charge in [0, 0.05) is 39.0 Å². The van der Waals surface area contributed by atoms with E-state index in [9.17, 15) is 14.3 Å². The number of carboxylic acid groups (broad SMARTS) is 1. The van der Waals surface area contributed by atoms with Crippen LogP contribution >= 0.6 is 0 Å². The van der Waals surface area contributed by atoms with Gasteiger partial charge in [0.1, 0.15) is 17.7 Å². The van der Waals surface area contributed by atoms with E-state index in [-0.39, 0.29) is 12.2 Å². The number of nitrogens with zero attached hydrogens (tertiary/aromatic N) is 2. The predicted molar refractivity (Wildman–Crippen MR) is 139 cm³/mol. The molecule has 0 bridgehead atoms. The Bertz CT molecular complexity index is 1080. The molecule has 3 aliphatic heterocycles. The minimum atomic E-state index is -0.961. The fourth-order valence-electron chi connectivity index (χ4n) is 5.89. The summed E-state index contributed by atoms with van der Waals surface area (Å²) in [5.74, 6) is -0.351. The maximum absolute atomic E-state index is 14.3. The van der Waals surface area contributed by atoms with Gasteiger partial charge in [-0.15, -0.1) is 0 Å². The van der Waals surface area contributed by atoms with Crippen LogP contribution in [0.5, 0.6) is 0 Å². The van der Waals surface area contributed by atoms with Crippen LogP contribution in [0.15, 0.2) is 30.5 Å². The zero-order valence-corrected chi connectivity index (χ0v) is 21.5. The SMILES string of the molecule is O=C(O)C(c1cc(F)ccc1[C@H]1CCCCO1)N1CC[C@@H](OCCCCc2cnc3c(c2)CCCN3)C1. The van der Waals surface area contributed by atoms with Gasteiger partial charge in [0.2, 0.25) is 0 Å². The molecule has 0 amide bonds. The normalized spacial score (nSPS) is 22.8. The minimum Gasteiger partial charge on any atom is -0.480 e. The van der Waals surface area contributed by atoms with Gasteiger partial charge in [0.05, 0.1) is 12.2 Å². The summed E-state index contributed by atoms with van der Waals surface area (Å²) in [5.41, 5.74) is 3.89. The van der Waals surface area contributed by atoms with Crippen LogP contribution in [-0.2, 0) is 27.1 Å². The zero-order valence-electron chi connectivity index (χ0n) is 21.5. The van der Waals surface area contributed by atoms with Gasteiger partial charge in [-0.1, -0.05) is 12.1 Å². The first-order valence-electron chi connectivity index (χ1n) is 13.8. The van der Waals surface area contributed by atoms with E-state index < -0.39 is 17.8 Å². The highest BCUT2D eigenvalue weighted by Gasteiger charge is 2.36. The van der Waals surface area contributed by atoms with Crippen LogP contribution in [0.3, 0.4) is 0 Å². The first kappa shape index (κ1) is 26.1. The van der Waals surface area contributed by atoms with E-state index in [1.807, 2.05) is 11.1 Å². The number of fused-ring (bicyclic) bond motifs is 1. The number of aryl methyl sites for hydroxylation is 2. The van der Waals surface area contributed by atoms with Crippen LogP contribution < -0.4 is 5.32 Å². The number of anilines is 1. The summed E-state index contributed by atoms with van der Waals surface area (Å²) in [7, 11) is 0. The number of carboxylic acids is 1. The smallest absolute Gasteiger partial charge is 0.325 e. The Morgan fingerprint density at radius 2 is 2.16 bits per heavy atom. The molecule has 1 aromatic heterocycles. The highest BCUT2D eigenvalue weighted by molar-refractivity contribution is 5.76. The third-order valence-electron chi connectivity index (χ3n) is 7.80. The van der Waals surface area contributed by atoms with E-state index in [0.29, 0.717) is 31.9 Å². The lowest BCUT2D eigenvalue weighted by Crippen LogP contribution is -2.34. The second-order valence-corrected chi connectivity index (χ2v) is 10.5. The lowest BCUT2D eigenvalue weighted by Gasteiger charge is -2.30. The molecule has 2 saturated heterocycles. The number of carbonyl (C=O) groups is 1. The molecule has 0 saturated carbocycles. The number of aromatic nitrogens is 1. The van der Waals surface area contributed by atoms with Gasteiger partial charge in [-0.3, -0.25) is 9.69 Å². The Kier molecular flexibility index (Phi) is 8.69. The molecular formula is C29H38FN3O4. The van der Waals surface area contributed by atoms with E-state index in [4.69, 9.17) is 9.47 Å². The van der Waals surface area contributed by atoms with Crippen molar-refractivity contribution in [3.63, 3.8) is 0 Å². The van der Waals surface area contributed by atoms with Gasteiger partial charge in [-0.2, -0.15) is 0 Å². The van der Waals surface area contributed by atoms with Gasteiger partial charge < -0.3 is 19.9 Å². The first-order valence-corrected chi connectivity index (χ1v) is 13.8. The highest BCUT2D eigenvalue weighted by atomic mass is 19.1. The predicted octanol–water partition coefficient (Wildman–Crippen LogP) is 5.06. The largest absolute Gasteiger partial charge is 0.480 e. The van der Waals surface area contributed by atoms with Crippen LogP contribution in [0.25, 0.3) is 0 Å². The number of likely N-dealkylation sites (tertiary alicyclic amines) is 1. The summed E-state index contributed by atoms with van der Waals surface area (Å²) in [6, 6.07) is 5.86. The van der Waals surface area contributed by atoms with Crippen molar-refractivity contribution in [2.75, 3.05) is 38.2 Å². The van der Waals surface area contributed by atoms with Crippen LogP contribution in [0, 0.1) is 5.82 Å². The zero-order chi connectivity index (χ0) is 25.6. The molecule has 0 radical (unpaired) electrons. The summed E-state index contributed by atoms with van der Waals surface area (Å²) in [4.78, 5) is 18.9. The Morgan fingerprint density at radius 1 is 1.24 bits per heavy atom. The summed E-state index contributed by atoms with van der Waals surface area (Å²) >= 11 is 0. The number of hydrogen-bond donors (Lipinski definition) is 2. The monoisotopic (exact) mass is 511 g/mol. The van der Waals surface area contributed by atoms with E-state index in [1.54, 1.807) is 6.07 Å². The fraction of sp³-hybridized carbons (Fsp3) is 0.586. The molecule has 3 atom stereocenters. The number of halogens is 1.